The topological polar surface area (TPSA) is 87.7 Å². The first-order valence-corrected chi connectivity index (χ1v) is 6.60. The van der Waals surface area contributed by atoms with E-state index in [1.165, 1.54) is 6.07 Å². The van der Waals surface area contributed by atoms with Crippen LogP contribution in [0.2, 0.25) is 0 Å². The van der Waals surface area contributed by atoms with Gasteiger partial charge < -0.3 is 16.3 Å². The van der Waals surface area contributed by atoms with Gasteiger partial charge in [0.05, 0.1) is 0 Å². The predicted octanol–water partition coefficient (Wildman–Crippen LogP) is 1.40. The number of oxime groups is 1. The summed E-state index contributed by atoms with van der Waals surface area (Å²) in [6.07, 6.45) is 2.43. The van der Waals surface area contributed by atoms with Gasteiger partial charge in [0.15, 0.2) is 5.84 Å². The number of carbonyl (C=O) groups excluding carboxylic acids is 1. The monoisotopic (exact) mass is 279 g/mol. The smallest absolute Gasteiger partial charge is 0.233 e. The van der Waals surface area contributed by atoms with Gasteiger partial charge in [0.25, 0.3) is 0 Å². The van der Waals surface area contributed by atoms with Crippen LogP contribution in [0, 0.1) is 11.2 Å². The first-order valence-electron chi connectivity index (χ1n) is 6.60. The SMILES string of the molecule is N/C(=N/O)C1(C(=O)NCCc2ccccc2F)CCC1. The Morgan fingerprint density at radius 3 is 2.70 bits per heavy atom. The molecule has 20 heavy (non-hydrogen) atoms. The fourth-order valence-corrected chi connectivity index (χ4v) is 2.41. The first-order chi connectivity index (χ1) is 9.60. The molecule has 1 aromatic carbocycles. The summed E-state index contributed by atoms with van der Waals surface area (Å²) in [7, 11) is 0. The van der Waals surface area contributed by atoms with Crippen molar-refractivity contribution < 1.29 is 14.4 Å². The van der Waals surface area contributed by atoms with E-state index in [-0.39, 0.29) is 17.6 Å². The fraction of sp³-hybridized carbons (Fsp3) is 0.429. The second-order valence-corrected chi connectivity index (χ2v) is 5.02. The number of carbonyl (C=O) groups is 1. The molecule has 0 heterocycles. The number of amidine groups is 1. The highest BCUT2D eigenvalue weighted by Crippen LogP contribution is 2.41. The third-order valence-corrected chi connectivity index (χ3v) is 3.88. The van der Waals surface area contributed by atoms with Gasteiger partial charge in [-0.2, -0.15) is 0 Å². The van der Waals surface area contributed by atoms with Crippen LogP contribution in [0.5, 0.6) is 0 Å². The maximum atomic E-state index is 13.4. The van der Waals surface area contributed by atoms with E-state index < -0.39 is 5.41 Å². The summed E-state index contributed by atoms with van der Waals surface area (Å²) in [5, 5.41) is 14.5. The van der Waals surface area contributed by atoms with Crippen molar-refractivity contribution >= 4 is 11.7 Å². The van der Waals surface area contributed by atoms with Crippen LogP contribution in [-0.2, 0) is 11.2 Å². The number of nitrogens with zero attached hydrogens (tertiary/aromatic N) is 1. The lowest BCUT2D eigenvalue weighted by molar-refractivity contribution is -0.131. The van der Waals surface area contributed by atoms with Crippen LogP contribution >= 0.6 is 0 Å². The van der Waals surface area contributed by atoms with Crippen molar-refractivity contribution in [3.8, 4) is 0 Å². The van der Waals surface area contributed by atoms with Gasteiger partial charge in [0.2, 0.25) is 5.91 Å². The molecule has 0 unspecified atom stereocenters. The Hall–Kier alpha value is -2.11. The van der Waals surface area contributed by atoms with Crippen LogP contribution in [-0.4, -0.2) is 23.5 Å². The molecule has 0 saturated heterocycles. The van der Waals surface area contributed by atoms with Gasteiger partial charge in [0.1, 0.15) is 11.2 Å². The standard InChI is InChI=1S/C14H18FN3O2/c15-11-5-2-1-4-10(11)6-9-17-13(19)14(7-3-8-14)12(16)18-20/h1-2,4-5,20H,3,6-9H2,(H2,16,18)(H,17,19). The highest BCUT2D eigenvalue weighted by Gasteiger charge is 2.48. The molecule has 2 rings (SSSR count). The summed E-state index contributed by atoms with van der Waals surface area (Å²) in [5.74, 6) is -0.584. The third kappa shape index (κ3) is 2.59. The molecule has 0 spiro atoms. The van der Waals surface area contributed by atoms with Gasteiger partial charge in [0, 0.05) is 6.54 Å². The number of hydrogen-bond acceptors (Lipinski definition) is 3. The van der Waals surface area contributed by atoms with E-state index in [4.69, 9.17) is 10.9 Å². The summed E-state index contributed by atoms with van der Waals surface area (Å²) < 4.78 is 13.4. The van der Waals surface area contributed by atoms with E-state index in [2.05, 4.69) is 10.5 Å². The fourth-order valence-electron chi connectivity index (χ4n) is 2.41. The van der Waals surface area contributed by atoms with Gasteiger partial charge in [-0.3, -0.25) is 4.79 Å². The molecule has 0 radical (unpaired) electrons. The van der Waals surface area contributed by atoms with Gasteiger partial charge in [-0.25, -0.2) is 4.39 Å². The van der Waals surface area contributed by atoms with E-state index in [1.807, 2.05) is 0 Å². The second kappa shape index (κ2) is 5.90. The van der Waals surface area contributed by atoms with Gasteiger partial charge in [-0.05, 0) is 30.9 Å². The van der Waals surface area contributed by atoms with Crippen LogP contribution in [0.1, 0.15) is 24.8 Å². The Labute approximate surface area is 116 Å². The number of nitrogens with one attached hydrogen (secondary N) is 1. The number of nitrogens with two attached hydrogens (primary N) is 1. The molecule has 0 aromatic heterocycles. The average molecular weight is 279 g/mol. The molecule has 5 nitrogen and oxygen atoms in total. The number of rotatable bonds is 5. The Balaban J connectivity index is 1.91. The summed E-state index contributed by atoms with van der Waals surface area (Å²) in [4.78, 5) is 12.1. The van der Waals surface area contributed by atoms with Crippen LogP contribution in [0.15, 0.2) is 29.4 Å². The zero-order chi connectivity index (χ0) is 14.6. The molecular formula is C14H18FN3O2. The van der Waals surface area contributed by atoms with E-state index in [9.17, 15) is 9.18 Å². The number of hydrogen-bond donors (Lipinski definition) is 3. The zero-order valence-corrected chi connectivity index (χ0v) is 11.1. The lowest BCUT2D eigenvalue weighted by atomic mass is 9.67. The molecular weight excluding hydrogens is 261 g/mol. The predicted molar refractivity (Wildman–Crippen MR) is 72.8 cm³/mol. The molecule has 1 aliphatic rings. The molecule has 0 bridgehead atoms. The van der Waals surface area contributed by atoms with Crippen molar-refractivity contribution in [3.63, 3.8) is 0 Å². The minimum atomic E-state index is -0.885. The zero-order valence-electron chi connectivity index (χ0n) is 11.1. The average Bonchev–Trinajstić information content (AvgIpc) is 2.39. The van der Waals surface area contributed by atoms with Crippen molar-refractivity contribution in [2.24, 2.45) is 16.3 Å². The number of amides is 1. The summed E-state index contributed by atoms with van der Waals surface area (Å²) in [6, 6.07) is 6.45. The van der Waals surface area contributed by atoms with Crippen LogP contribution in [0.3, 0.4) is 0 Å². The Morgan fingerprint density at radius 1 is 1.45 bits per heavy atom. The molecule has 1 saturated carbocycles. The molecule has 1 amide bonds. The van der Waals surface area contributed by atoms with Gasteiger partial charge in [-0.15, -0.1) is 0 Å². The summed E-state index contributed by atoms with van der Waals surface area (Å²) in [5.41, 5.74) is 5.27. The van der Waals surface area contributed by atoms with E-state index in [0.29, 0.717) is 31.4 Å². The highest BCUT2D eigenvalue weighted by atomic mass is 19.1. The molecule has 1 aromatic rings. The lowest BCUT2D eigenvalue weighted by Gasteiger charge is -2.38. The maximum absolute atomic E-state index is 13.4. The van der Waals surface area contributed by atoms with E-state index in [0.717, 1.165) is 6.42 Å². The minimum absolute atomic E-state index is 0.0489. The summed E-state index contributed by atoms with van der Waals surface area (Å²) >= 11 is 0. The van der Waals surface area contributed by atoms with E-state index >= 15 is 0 Å². The second-order valence-electron chi connectivity index (χ2n) is 5.02. The normalized spacial score (nSPS) is 17.4. The Bertz CT molecular complexity index is 527. The van der Waals surface area contributed by atoms with Crippen molar-refractivity contribution in [1.82, 2.24) is 5.32 Å². The number of benzene rings is 1. The molecule has 1 aliphatic carbocycles. The molecule has 0 aliphatic heterocycles. The van der Waals surface area contributed by atoms with Gasteiger partial charge >= 0.3 is 0 Å². The maximum Gasteiger partial charge on any atom is 0.233 e. The van der Waals surface area contributed by atoms with Crippen molar-refractivity contribution in [1.29, 1.82) is 0 Å². The Morgan fingerprint density at radius 2 is 2.15 bits per heavy atom. The number of halogens is 1. The van der Waals surface area contributed by atoms with Crippen molar-refractivity contribution in [3.05, 3.63) is 35.6 Å². The van der Waals surface area contributed by atoms with Crippen LogP contribution in [0.25, 0.3) is 0 Å². The van der Waals surface area contributed by atoms with Crippen LogP contribution < -0.4 is 11.1 Å². The van der Waals surface area contributed by atoms with Crippen molar-refractivity contribution in [2.45, 2.75) is 25.7 Å². The van der Waals surface area contributed by atoms with Gasteiger partial charge in [-0.1, -0.05) is 29.8 Å². The first kappa shape index (κ1) is 14.3. The minimum Gasteiger partial charge on any atom is -0.409 e. The van der Waals surface area contributed by atoms with E-state index in [1.54, 1.807) is 18.2 Å². The molecule has 108 valence electrons. The molecule has 6 heteroatoms. The molecule has 1 fully saturated rings. The highest BCUT2D eigenvalue weighted by molar-refractivity contribution is 6.07. The summed E-state index contributed by atoms with van der Waals surface area (Å²) in [6.45, 7) is 0.320. The third-order valence-electron chi connectivity index (χ3n) is 3.88. The molecule has 0 atom stereocenters. The largest absolute Gasteiger partial charge is 0.409 e. The molecule has 4 N–H and O–H groups in total. The Kier molecular flexibility index (Phi) is 4.22. The quantitative estimate of drug-likeness (QED) is 0.329. The van der Waals surface area contributed by atoms with Crippen LogP contribution in [0.4, 0.5) is 4.39 Å². The van der Waals surface area contributed by atoms with Crippen molar-refractivity contribution in [2.75, 3.05) is 6.54 Å². The lowest BCUT2D eigenvalue weighted by Crippen LogP contribution is -2.54.